The maximum atomic E-state index is 8.88. The van der Waals surface area contributed by atoms with Crippen molar-refractivity contribution in [2.45, 2.75) is 0 Å². The number of hydrogen-bond donors (Lipinski definition) is 1. The maximum absolute atomic E-state index is 8.88. The van der Waals surface area contributed by atoms with Gasteiger partial charge in [-0.3, -0.25) is 0 Å². The van der Waals surface area contributed by atoms with Gasteiger partial charge in [0.1, 0.15) is 5.69 Å². The van der Waals surface area contributed by atoms with Crippen LogP contribution in [0.4, 0.5) is 17.1 Å². The Morgan fingerprint density at radius 3 is 2.78 bits per heavy atom. The molecule has 2 rings (SSSR count). The van der Waals surface area contributed by atoms with Gasteiger partial charge in [0.15, 0.2) is 0 Å². The van der Waals surface area contributed by atoms with Gasteiger partial charge in [0, 0.05) is 0 Å². The predicted molar refractivity (Wildman–Crippen MR) is 35.1 cm³/mol. The molecule has 0 aliphatic carbocycles. The van der Waals surface area contributed by atoms with E-state index in [1.807, 2.05) is 12.1 Å². The van der Waals surface area contributed by atoms with E-state index < -0.39 is 0 Å². The fraction of sp³-hybridized carbons (Fsp3) is 0. The summed E-state index contributed by atoms with van der Waals surface area (Å²) in [6.07, 6.45) is 0. The van der Waals surface area contributed by atoms with Crippen LogP contribution in [-0.2, 0) is 0 Å². The van der Waals surface area contributed by atoms with E-state index in [1.54, 1.807) is 6.07 Å². The van der Waals surface area contributed by atoms with Gasteiger partial charge in [0.2, 0.25) is 0 Å². The second-order valence-corrected chi connectivity index (χ2v) is 2.03. The molecule has 9 heavy (non-hydrogen) atoms. The van der Waals surface area contributed by atoms with E-state index >= 15 is 0 Å². The minimum Gasteiger partial charge on any atom is -0.397 e. The van der Waals surface area contributed by atoms with Crippen molar-refractivity contribution in [3.8, 4) is 0 Å². The van der Waals surface area contributed by atoms with Gasteiger partial charge in [0.05, 0.1) is 11.4 Å². The van der Waals surface area contributed by atoms with Crippen molar-refractivity contribution in [3.05, 3.63) is 18.2 Å². The molecule has 2 radical (unpaired) electrons. The Morgan fingerprint density at radius 2 is 2.22 bits per heavy atom. The molecule has 0 amide bonds. The first-order valence-corrected chi connectivity index (χ1v) is 2.68. The number of fused-ring (bicyclic) bond motifs is 1. The smallest absolute Gasteiger partial charge is 0.109 e. The maximum Gasteiger partial charge on any atom is 0.109 e. The molecule has 0 aromatic heterocycles. The third-order valence-electron chi connectivity index (χ3n) is 1.44. The van der Waals surface area contributed by atoms with Crippen molar-refractivity contribution in [1.82, 2.24) is 5.84 Å². The van der Waals surface area contributed by atoms with Crippen molar-refractivity contribution in [2.24, 2.45) is 0 Å². The number of benzene rings is 1. The molecule has 0 saturated carbocycles. The van der Waals surface area contributed by atoms with Gasteiger partial charge in [-0.1, -0.05) is 6.07 Å². The van der Waals surface area contributed by atoms with Crippen LogP contribution >= 0.6 is 0 Å². The van der Waals surface area contributed by atoms with E-state index in [-0.39, 0.29) is 0 Å². The molecule has 1 aromatic rings. The summed E-state index contributed by atoms with van der Waals surface area (Å²) in [7, 11) is 0. The quantitative estimate of drug-likeness (QED) is 0.403. The van der Waals surface area contributed by atoms with E-state index in [2.05, 4.69) is 0 Å². The zero-order valence-electron chi connectivity index (χ0n) is 4.70. The summed E-state index contributed by atoms with van der Waals surface area (Å²) in [5.41, 5.74) is 7.66. The van der Waals surface area contributed by atoms with Gasteiger partial charge in [-0.25, -0.2) is 5.01 Å². The van der Waals surface area contributed by atoms with Crippen LogP contribution in [0.3, 0.4) is 0 Å². The molecule has 0 unspecified atom stereocenters. The molecule has 1 aromatic carbocycles. The molecular weight excluding hydrogens is 114 g/mol. The lowest BCUT2D eigenvalue weighted by atomic mass is 10.3. The topological polar surface area (TPSA) is 51.3 Å². The largest absolute Gasteiger partial charge is 0.397 e. The van der Waals surface area contributed by atoms with Crippen molar-refractivity contribution in [3.63, 3.8) is 0 Å². The third kappa shape index (κ3) is 0.439. The van der Waals surface area contributed by atoms with Crippen LogP contribution < -0.4 is 16.6 Å². The molecule has 1 heterocycles. The third-order valence-corrected chi connectivity index (χ3v) is 1.44. The molecule has 0 saturated heterocycles. The number of rotatable bonds is 0. The van der Waals surface area contributed by atoms with Gasteiger partial charge in [0.25, 0.3) is 0 Å². The molecular formula is C6H5N3. The normalized spacial score (nSPS) is 13.2. The summed E-state index contributed by atoms with van der Waals surface area (Å²) < 4.78 is 0. The van der Waals surface area contributed by atoms with E-state index in [9.17, 15) is 0 Å². The Kier molecular flexibility index (Phi) is 0.615. The first-order valence-electron chi connectivity index (χ1n) is 2.68. The van der Waals surface area contributed by atoms with Crippen LogP contribution in [0, 0.1) is 0 Å². The summed E-state index contributed by atoms with van der Waals surface area (Å²) in [6, 6.07) is 5.38. The molecule has 3 heteroatoms. The number of para-hydroxylation sites is 1. The van der Waals surface area contributed by atoms with Crippen LogP contribution in [0.2, 0.25) is 0 Å². The minimum atomic E-state index is 0.634. The Bertz CT molecular complexity index is 256. The molecule has 1 aliphatic rings. The molecule has 3 nitrogen and oxygen atoms in total. The average Bonchev–Trinajstić information content (AvgIpc) is 2.45. The molecule has 0 bridgehead atoms. The standard InChI is InChI=1S/C6H5N3/c7-4-2-1-3-5-6(4)9(5)8/h1-3H,7H2. The zero-order chi connectivity index (χ0) is 6.43. The number of hydrogen-bond acceptors (Lipinski definition) is 2. The van der Waals surface area contributed by atoms with Crippen molar-refractivity contribution in [2.75, 3.05) is 10.7 Å². The van der Waals surface area contributed by atoms with Crippen LogP contribution in [0.15, 0.2) is 18.2 Å². The highest BCUT2D eigenvalue weighted by Crippen LogP contribution is 2.49. The lowest BCUT2D eigenvalue weighted by molar-refractivity contribution is 1.18. The first kappa shape index (κ1) is 4.64. The lowest BCUT2D eigenvalue weighted by Crippen LogP contribution is -1.91. The zero-order valence-corrected chi connectivity index (χ0v) is 4.70. The summed E-state index contributed by atoms with van der Waals surface area (Å²) in [4.78, 5) is 0. The first-order chi connectivity index (χ1) is 4.30. The minimum absolute atomic E-state index is 0.634. The highest BCUT2D eigenvalue weighted by molar-refractivity contribution is 5.99. The second kappa shape index (κ2) is 1.19. The van der Waals surface area contributed by atoms with Crippen molar-refractivity contribution >= 4 is 17.1 Å². The Balaban J connectivity index is 2.61. The SMILES string of the molecule is [N]N1c2cccc(N)c21. The Labute approximate surface area is 52.8 Å². The van der Waals surface area contributed by atoms with Crippen molar-refractivity contribution < 1.29 is 0 Å². The molecule has 0 atom stereocenters. The molecule has 0 fully saturated rings. The summed E-state index contributed by atoms with van der Waals surface area (Å²) in [5.74, 6) is 8.88. The highest BCUT2D eigenvalue weighted by Gasteiger charge is 2.29. The molecule has 1 aliphatic heterocycles. The van der Waals surface area contributed by atoms with E-state index in [0.29, 0.717) is 5.69 Å². The predicted octanol–water partition coefficient (Wildman–Crippen LogP) is 0.704. The number of nitrogens with two attached hydrogens (primary N) is 1. The van der Waals surface area contributed by atoms with Gasteiger partial charge in [-0.2, -0.15) is 0 Å². The Hall–Kier alpha value is -1.22. The summed E-state index contributed by atoms with van der Waals surface area (Å²) in [6.45, 7) is 0. The van der Waals surface area contributed by atoms with E-state index in [0.717, 1.165) is 16.4 Å². The average molecular weight is 119 g/mol. The van der Waals surface area contributed by atoms with Gasteiger partial charge in [-0.15, -0.1) is 0 Å². The number of anilines is 3. The number of nitrogen functional groups attached to an aromatic ring is 1. The molecule has 44 valence electrons. The van der Waals surface area contributed by atoms with E-state index in [1.165, 1.54) is 0 Å². The molecule has 2 N–H and O–H groups in total. The van der Waals surface area contributed by atoms with E-state index in [4.69, 9.17) is 11.6 Å². The molecule has 0 spiro atoms. The van der Waals surface area contributed by atoms with Crippen LogP contribution in [0.1, 0.15) is 0 Å². The summed E-state index contributed by atoms with van der Waals surface area (Å²) in [5, 5.41) is 1.08. The number of nitrogens with zero attached hydrogens (tertiary/aromatic N) is 2. The fourth-order valence-corrected chi connectivity index (χ4v) is 0.910. The monoisotopic (exact) mass is 119 g/mol. The highest BCUT2D eigenvalue weighted by atomic mass is 15.5. The van der Waals surface area contributed by atoms with Gasteiger partial charge >= 0.3 is 0 Å². The summed E-state index contributed by atoms with van der Waals surface area (Å²) >= 11 is 0. The van der Waals surface area contributed by atoms with Gasteiger partial charge in [-0.05, 0) is 18.0 Å². The van der Waals surface area contributed by atoms with Gasteiger partial charge < -0.3 is 5.73 Å². The lowest BCUT2D eigenvalue weighted by Gasteiger charge is -1.83. The van der Waals surface area contributed by atoms with Crippen LogP contribution in [0.25, 0.3) is 0 Å². The fourth-order valence-electron chi connectivity index (χ4n) is 0.910. The second-order valence-electron chi connectivity index (χ2n) is 2.03. The van der Waals surface area contributed by atoms with Crippen LogP contribution in [-0.4, -0.2) is 0 Å². The Morgan fingerprint density at radius 1 is 1.44 bits per heavy atom. The van der Waals surface area contributed by atoms with Crippen molar-refractivity contribution in [1.29, 1.82) is 0 Å². The van der Waals surface area contributed by atoms with Crippen LogP contribution in [0.5, 0.6) is 0 Å².